The van der Waals surface area contributed by atoms with Gasteiger partial charge in [-0.2, -0.15) is 0 Å². The van der Waals surface area contributed by atoms with Gasteiger partial charge in [0.15, 0.2) is 0 Å². The number of hydrogen-bond donors (Lipinski definition) is 2. The molecule has 0 spiro atoms. The van der Waals surface area contributed by atoms with E-state index in [1.807, 2.05) is 13.0 Å². The van der Waals surface area contributed by atoms with Gasteiger partial charge in [0.25, 0.3) is 0 Å². The van der Waals surface area contributed by atoms with Crippen LogP contribution in [0.1, 0.15) is 6.92 Å². The van der Waals surface area contributed by atoms with Crippen LogP contribution in [0.3, 0.4) is 0 Å². The molecular weight excluding hydrogens is 190 g/mol. The Bertz CT molecular complexity index is 329. The van der Waals surface area contributed by atoms with E-state index in [2.05, 4.69) is 15.6 Å². The molecule has 1 aliphatic rings. The molecule has 70 valence electrons. The number of halogens is 1. The van der Waals surface area contributed by atoms with Crippen molar-refractivity contribution in [3.63, 3.8) is 0 Å². The highest BCUT2D eigenvalue weighted by molar-refractivity contribution is 6.02. The quantitative estimate of drug-likeness (QED) is 0.662. The molecule has 2 rings (SSSR count). The molecule has 0 radical (unpaired) electrons. The van der Waals surface area contributed by atoms with Crippen molar-refractivity contribution < 1.29 is 4.79 Å². The van der Waals surface area contributed by atoms with Crippen LogP contribution in [0, 0.1) is 0 Å². The highest BCUT2D eigenvalue weighted by Gasteiger charge is 2.20. The molecular formula is C8H10ClN3O. The third-order valence-corrected chi connectivity index (χ3v) is 1.84. The van der Waals surface area contributed by atoms with Gasteiger partial charge in [-0.05, 0) is 13.0 Å². The smallest absolute Gasteiger partial charge is 0.246 e. The summed E-state index contributed by atoms with van der Waals surface area (Å²) in [5, 5.41) is 5.80. The van der Waals surface area contributed by atoms with Crippen molar-refractivity contribution in [1.82, 2.24) is 4.98 Å². The van der Waals surface area contributed by atoms with E-state index in [0.717, 1.165) is 11.4 Å². The van der Waals surface area contributed by atoms with Crippen molar-refractivity contribution in [1.29, 1.82) is 0 Å². The predicted molar refractivity (Wildman–Crippen MR) is 53.2 cm³/mol. The first kappa shape index (κ1) is 9.80. The molecule has 1 aromatic heterocycles. The molecule has 2 heterocycles. The molecule has 1 aromatic rings. The summed E-state index contributed by atoms with van der Waals surface area (Å²) in [4.78, 5) is 15.1. The topological polar surface area (TPSA) is 54.0 Å². The highest BCUT2D eigenvalue weighted by atomic mass is 35.5. The maximum absolute atomic E-state index is 11.2. The van der Waals surface area contributed by atoms with E-state index in [4.69, 9.17) is 0 Å². The van der Waals surface area contributed by atoms with E-state index in [-0.39, 0.29) is 24.4 Å². The summed E-state index contributed by atoms with van der Waals surface area (Å²) in [7, 11) is 0. The Balaban J connectivity index is 0.000000845. The molecule has 5 heteroatoms. The predicted octanol–water partition coefficient (Wildman–Crippen LogP) is 1.26. The van der Waals surface area contributed by atoms with E-state index < -0.39 is 0 Å². The molecule has 0 aliphatic carbocycles. The molecule has 4 nitrogen and oxygen atoms in total. The lowest BCUT2D eigenvalue weighted by Gasteiger charge is -2.23. The zero-order chi connectivity index (χ0) is 8.55. The average molecular weight is 200 g/mol. The number of pyridine rings is 1. The Morgan fingerprint density at radius 2 is 2.23 bits per heavy atom. The zero-order valence-electron chi connectivity index (χ0n) is 7.07. The maximum Gasteiger partial charge on any atom is 0.246 e. The first-order chi connectivity index (χ1) is 5.77. The molecule has 1 amide bonds. The second-order valence-corrected chi connectivity index (χ2v) is 2.78. The lowest BCUT2D eigenvalue weighted by atomic mass is 10.2. The highest BCUT2D eigenvalue weighted by Crippen LogP contribution is 2.24. The number of nitrogens with zero attached hydrogens (tertiary/aromatic N) is 1. The van der Waals surface area contributed by atoms with Gasteiger partial charge in [-0.15, -0.1) is 12.4 Å². The number of anilines is 2. The molecule has 0 aromatic carbocycles. The maximum atomic E-state index is 11.2. The van der Waals surface area contributed by atoms with E-state index in [9.17, 15) is 4.79 Å². The zero-order valence-corrected chi connectivity index (χ0v) is 7.89. The molecule has 1 aliphatic heterocycles. The van der Waals surface area contributed by atoms with Gasteiger partial charge in [0, 0.05) is 6.20 Å². The number of rotatable bonds is 0. The summed E-state index contributed by atoms with van der Waals surface area (Å²) < 4.78 is 0. The molecule has 13 heavy (non-hydrogen) atoms. The summed E-state index contributed by atoms with van der Waals surface area (Å²) in [5.41, 5.74) is 1.68. The van der Waals surface area contributed by atoms with Crippen molar-refractivity contribution in [2.75, 3.05) is 10.6 Å². The van der Waals surface area contributed by atoms with Gasteiger partial charge in [0.05, 0.1) is 17.6 Å². The van der Waals surface area contributed by atoms with E-state index in [1.165, 1.54) is 0 Å². The van der Waals surface area contributed by atoms with Crippen LogP contribution in [0.5, 0.6) is 0 Å². The number of hydrogen-bond acceptors (Lipinski definition) is 3. The summed E-state index contributed by atoms with van der Waals surface area (Å²) >= 11 is 0. The molecule has 0 saturated heterocycles. The van der Waals surface area contributed by atoms with Crippen molar-refractivity contribution >= 4 is 29.7 Å². The number of carbonyl (C=O) groups is 1. The van der Waals surface area contributed by atoms with Crippen LogP contribution < -0.4 is 10.6 Å². The molecule has 0 fully saturated rings. The third-order valence-electron chi connectivity index (χ3n) is 1.84. The van der Waals surface area contributed by atoms with Crippen LogP contribution in [0.4, 0.5) is 11.4 Å². The largest absolute Gasteiger partial charge is 0.372 e. The number of carbonyl (C=O) groups excluding carboxylic acids is 1. The first-order valence-electron chi connectivity index (χ1n) is 3.79. The van der Waals surface area contributed by atoms with Gasteiger partial charge in [0.1, 0.15) is 6.04 Å². The van der Waals surface area contributed by atoms with Crippen LogP contribution in [0.25, 0.3) is 0 Å². The van der Waals surface area contributed by atoms with Crippen LogP contribution in [-0.4, -0.2) is 16.9 Å². The third kappa shape index (κ3) is 1.72. The van der Waals surface area contributed by atoms with Gasteiger partial charge in [-0.1, -0.05) is 0 Å². The fourth-order valence-corrected chi connectivity index (χ4v) is 1.16. The first-order valence-corrected chi connectivity index (χ1v) is 3.79. The van der Waals surface area contributed by atoms with Gasteiger partial charge in [0.2, 0.25) is 5.91 Å². The average Bonchev–Trinajstić information content (AvgIpc) is 2.07. The second-order valence-electron chi connectivity index (χ2n) is 2.78. The van der Waals surface area contributed by atoms with Crippen LogP contribution in [0.2, 0.25) is 0 Å². The molecule has 1 atom stereocenters. The fraction of sp³-hybridized carbons (Fsp3) is 0.250. The van der Waals surface area contributed by atoms with Crippen LogP contribution >= 0.6 is 12.4 Å². The van der Waals surface area contributed by atoms with Crippen LogP contribution in [0.15, 0.2) is 18.5 Å². The summed E-state index contributed by atoms with van der Waals surface area (Å²) in [5.74, 6) is -0.0181. The lowest BCUT2D eigenvalue weighted by Crippen LogP contribution is -2.36. The molecule has 1 unspecified atom stereocenters. The minimum Gasteiger partial charge on any atom is -0.372 e. The second kappa shape index (κ2) is 3.62. The van der Waals surface area contributed by atoms with E-state index >= 15 is 0 Å². The van der Waals surface area contributed by atoms with Gasteiger partial charge in [-0.25, -0.2) is 0 Å². The van der Waals surface area contributed by atoms with Crippen LogP contribution in [-0.2, 0) is 4.79 Å². The Labute approximate surface area is 82.2 Å². The number of nitrogens with one attached hydrogen (secondary N) is 2. The standard InChI is InChI=1S/C8H9N3O.ClH/c1-5-8(12)11-7-4-9-3-2-6(7)10-5;/h2-5,10H,1H3,(H,11,12);1H. The Morgan fingerprint density at radius 3 is 3.00 bits per heavy atom. The minimum atomic E-state index is -0.167. The molecule has 0 saturated carbocycles. The van der Waals surface area contributed by atoms with Gasteiger partial charge in [-0.3, -0.25) is 9.78 Å². The van der Waals surface area contributed by atoms with E-state index in [0.29, 0.717) is 0 Å². The SMILES string of the molecule is CC1Nc2ccncc2NC1=O.Cl. The minimum absolute atomic E-state index is 0. The normalized spacial score (nSPS) is 19.2. The Morgan fingerprint density at radius 1 is 1.46 bits per heavy atom. The van der Waals surface area contributed by atoms with Gasteiger partial charge < -0.3 is 10.6 Å². The lowest BCUT2D eigenvalue weighted by molar-refractivity contribution is -0.116. The van der Waals surface area contributed by atoms with Crippen molar-refractivity contribution in [3.05, 3.63) is 18.5 Å². The fourth-order valence-electron chi connectivity index (χ4n) is 1.16. The Kier molecular flexibility index (Phi) is 2.72. The molecule has 0 bridgehead atoms. The Hall–Kier alpha value is -1.29. The van der Waals surface area contributed by atoms with Crippen molar-refractivity contribution in [3.8, 4) is 0 Å². The number of aromatic nitrogens is 1. The summed E-state index contributed by atoms with van der Waals surface area (Å²) in [6, 6.07) is 1.67. The summed E-state index contributed by atoms with van der Waals surface area (Å²) in [6.07, 6.45) is 3.32. The number of amides is 1. The monoisotopic (exact) mass is 199 g/mol. The van der Waals surface area contributed by atoms with Gasteiger partial charge >= 0.3 is 0 Å². The van der Waals surface area contributed by atoms with Crippen molar-refractivity contribution in [2.45, 2.75) is 13.0 Å². The van der Waals surface area contributed by atoms with E-state index in [1.54, 1.807) is 12.4 Å². The number of fused-ring (bicyclic) bond motifs is 1. The van der Waals surface area contributed by atoms with Crippen molar-refractivity contribution in [2.24, 2.45) is 0 Å². The molecule has 2 N–H and O–H groups in total. The summed E-state index contributed by atoms with van der Waals surface area (Å²) in [6.45, 7) is 1.82.